The molecular formula is C50H34N4. The molecule has 0 saturated heterocycles. The van der Waals surface area contributed by atoms with Gasteiger partial charge in [0.15, 0.2) is 0 Å². The van der Waals surface area contributed by atoms with Gasteiger partial charge in [0.05, 0.1) is 45.1 Å². The Morgan fingerprint density at radius 1 is 0.444 bits per heavy atom. The van der Waals surface area contributed by atoms with E-state index < -0.39 is 0 Å². The van der Waals surface area contributed by atoms with E-state index in [2.05, 4.69) is 175 Å². The third kappa shape index (κ3) is 5.02. The SMILES string of the molecule is Cc1cccc(-c2ccc3c(c2)c2ccccc2n3-c2ccncc2-c2ccc(C#N)cc2-n2c3ccccc3c3cc(-c4cccc(C)c4)ccc32)c1. The van der Waals surface area contributed by atoms with Crippen molar-refractivity contribution >= 4 is 43.6 Å². The highest BCUT2D eigenvalue weighted by atomic mass is 15.0. The van der Waals surface area contributed by atoms with Crippen molar-refractivity contribution in [3.05, 3.63) is 187 Å². The Morgan fingerprint density at radius 3 is 1.56 bits per heavy atom. The summed E-state index contributed by atoms with van der Waals surface area (Å²) in [6.07, 6.45) is 3.84. The van der Waals surface area contributed by atoms with Crippen LogP contribution in [-0.2, 0) is 0 Å². The Morgan fingerprint density at radius 2 is 0.981 bits per heavy atom. The van der Waals surface area contributed by atoms with Crippen LogP contribution in [0.2, 0.25) is 0 Å². The Kier molecular flexibility index (Phi) is 7.28. The first kappa shape index (κ1) is 31.5. The highest BCUT2D eigenvalue weighted by molar-refractivity contribution is 6.12. The van der Waals surface area contributed by atoms with E-state index in [9.17, 15) is 5.26 Å². The van der Waals surface area contributed by atoms with Crippen LogP contribution in [0.15, 0.2) is 170 Å². The molecule has 254 valence electrons. The van der Waals surface area contributed by atoms with Crippen LogP contribution in [0.4, 0.5) is 0 Å². The molecule has 0 amide bonds. The number of para-hydroxylation sites is 2. The number of aromatic nitrogens is 3. The van der Waals surface area contributed by atoms with Crippen molar-refractivity contribution in [2.24, 2.45) is 0 Å². The van der Waals surface area contributed by atoms with Crippen LogP contribution in [0.1, 0.15) is 16.7 Å². The lowest BCUT2D eigenvalue weighted by Gasteiger charge is -2.18. The molecule has 7 aromatic carbocycles. The zero-order valence-corrected chi connectivity index (χ0v) is 30.0. The molecule has 0 aliphatic rings. The third-order valence-electron chi connectivity index (χ3n) is 10.7. The van der Waals surface area contributed by atoms with Gasteiger partial charge in [-0.05, 0) is 90.7 Å². The lowest BCUT2D eigenvalue weighted by Crippen LogP contribution is -2.02. The van der Waals surface area contributed by atoms with Gasteiger partial charge >= 0.3 is 0 Å². The summed E-state index contributed by atoms with van der Waals surface area (Å²) in [5, 5.41) is 14.9. The molecule has 0 atom stereocenters. The predicted octanol–water partition coefficient (Wildman–Crippen LogP) is 12.8. The number of pyridine rings is 1. The highest BCUT2D eigenvalue weighted by Crippen LogP contribution is 2.42. The molecule has 4 nitrogen and oxygen atoms in total. The Labute approximate surface area is 313 Å². The van der Waals surface area contributed by atoms with Gasteiger partial charge in [0, 0.05) is 45.1 Å². The van der Waals surface area contributed by atoms with Crippen LogP contribution in [0.5, 0.6) is 0 Å². The zero-order chi connectivity index (χ0) is 36.3. The van der Waals surface area contributed by atoms with E-state index in [4.69, 9.17) is 4.98 Å². The summed E-state index contributed by atoms with van der Waals surface area (Å²) in [4.78, 5) is 4.71. The molecule has 0 unspecified atom stereocenters. The third-order valence-corrected chi connectivity index (χ3v) is 10.7. The Balaban J connectivity index is 1.22. The molecule has 0 bridgehead atoms. The summed E-state index contributed by atoms with van der Waals surface area (Å²) < 4.78 is 4.68. The molecule has 3 aromatic heterocycles. The maximum atomic E-state index is 10.2. The van der Waals surface area contributed by atoms with Crippen LogP contribution in [0.25, 0.3) is 88.4 Å². The van der Waals surface area contributed by atoms with Crippen molar-refractivity contribution in [3.63, 3.8) is 0 Å². The van der Waals surface area contributed by atoms with Gasteiger partial charge in [-0.3, -0.25) is 4.98 Å². The van der Waals surface area contributed by atoms with Crippen molar-refractivity contribution in [1.29, 1.82) is 5.26 Å². The summed E-state index contributed by atoms with van der Waals surface area (Å²) in [6.45, 7) is 4.27. The molecule has 0 saturated carbocycles. The second-order valence-electron chi connectivity index (χ2n) is 14.1. The topological polar surface area (TPSA) is 46.5 Å². The highest BCUT2D eigenvalue weighted by Gasteiger charge is 2.21. The fourth-order valence-corrected chi connectivity index (χ4v) is 8.28. The summed E-state index contributed by atoms with van der Waals surface area (Å²) in [5.41, 5.74) is 16.2. The van der Waals surface area contributed by atoms with Crippen LogP contribution in [-0.4, -0.2) is 14.1 Å². The fraction of sp³-hybridized carbons (Fsp3) is 0.0400. The number of rotatable bonds is 5. The van der Waals surface area contributed by atoms with Gasteiger partial charge in [0.2, 0.25) is 0 Å². The number of hydrogen-bond acceptors (Lipinski definition) is 2. The first-order chi connectivity index (χ1) is 26.6. The second kappa shape index (κ2) is 12.5. The van der Waals surface area contributed by atoms with Crippen molar-refractivity contribution in [1.82, 2.24) is 14.1 Å². The Bertz CT molecular complexity index is 3150. The normalized spacial score (nSPS) is 11.5. The van der Waals surface area contributed by atoms with Gasteiger partial charge in [-0.1, -0.05) is 114 Å². The van der Waals surface area contributed by atoms with Gasteiger partial charge in [-0.15, -0.1) is 0 Å². The summed E-state index contributed by atoms with van der Waals surface area (Å²) in [5.74, 6) is 0. The smallest absolute Gasteiger partial charge is 0.0992 e. The monoisotopic (exact) mass is 690 g/mol. The molecule has 0 aliphatic carbocycles. The quantitative estimate of drug-likeness (QED) is 0.180. The van der Waals surface area contributed by atoms with Crippen LogP contribution in [0, 0.1) is 25.2 Å². The minimum atomic E-state index is 0.599. The number of hydrogen-bond donors (Lipinski definition) is 0. The van der Waals surface area contributed by atoms with Crippen LogP contribution in [0.3, 0.4) is 0 Å². The number of fused-ring (bicyclic) bond motifs is 6. The molecule has 3 heterocycles. The van der Waals surface area contributed by atoms with Crippen LogP contribution < -0.4 is 0 Å². The molecule has 0 aliphatic heterocycles. The minimum absolute atomic E-state index is 0.599. The fourth-order valence-electron chi connectivity index (χ4n) is 8.28. The van der Waals surface area contributed by atoms with Gasteiger partial charge in [0.1, 0.15) is 0 Å². The van der Waals surface area contributed by atoms with E-state index in [1.54, 1.807) is 0 Å². The first-order valence-electron chi connectivity index (χ1n) is 18.3. The molecule has 4 heteroatoms. The van der Waals surface area contributed by atoms with Gasteiger partial charge in [0.25, 0.3) is 0 Å². The van der Waals surface area contributed by atoms with Gasteiger partial charge < -0.3 is 9.13 Å². The maximum Gasteiger partial charge on any atom is 0.0992 e. The van der Waals surface area contributed by atoms with Crippen molar-refractivity contribution < 1.29 is 0 Å². The van der Waals surface area contributed by atoms with Gasteiger partial charge in [-0.25, -0.2) is 0 Å². The Hall–Kier alpha value is -7.22. The maximum absolute atomic E-state index is 10.2. The number of nitriles is 1. The van der Waals surface area contributed by atoms with Gasteiger partial charge in [-0.2, -0.15) is 5.26 Å². The van der Waals surface area contributed by atoms with Crippen molar-refractivity contribution in [2.45, 2.75) is 13.8 Å². The van der Waals surface area contributed by atoms with E-state index in [-0.39, 0.29) is 0 Å². The molecule has 10 rings (SSSR count). The van der Waals surface area contributed by atoms with Crippen LogP contribution >= 0.6 is 0 Å². The standard InChI is InChI=1S/C50H34N4/c1-32-9-7-11-35(25-32)37-18-21-47-42(28-37)39-13-3-5-15-45(39)53(47)49-23-24-52-31-44(49)41-20-17-34(30-51)27-50(41)54-46-16-6-4-14-40(46)43-29-38(19-22-48(43)54)36-12-8-10-33(2)26-36/h3-29,31H,1-2H3. The van der Waals surface area contributed by atoms with E-state index in [0.29, 0.717) is 5.56 Å². The summed E-state index contributed by atoms with van der Waals surface area (Å²) in [6, 6.07) is 58.6. The molecule has 0 fully saturated rings. The van der Waals surface area contributed by atoms with Crippen molar-refractivity contribution in [3.8, 4) is 50.8 Å². The lowest BCUT2D eigenvalue weighted by molar-refractivity contribution is 1.14. The van der Waals surface area contributed by atoms with E-state index in [0.717, 1.165) is 55.3 Å². The number of nitrogens with zero attached hydrogens (tertiary/aromatic N) is 4. The largest absolute Gasteiger partial charge is 0.309 e. The van der Waals surface area contributed by atoms with E-state index >= 15 is 0 Å². The summed E-state index contributed by atoms with van der Waals surface area (Å²) >= 11 is 0. The minimum Gasteiger partial charge on any atom is -0.309 e. The molecule has 54 heavy (non-hydrogen) atoms. The molecule has 10 aromatic rings. The average Bonchev–Trinajstić information content (AvgIpc) is 3.72. The van der Waals surface area contributed by atoms with Crippen molar-refractivity contribution in [2.75, 3.05) is 0 Å². The molecule has 0 N–H and O–H groups in total. The molecular weight excluding hydrogens is 657 g/mol. The first-order valence-corrected chi connectivity index (χ1v) is 18.3. The number of benzene rings is 7. The zero-order valence-electron chi connectivity index (χ0n) is 30.0. The predicted molar refractivity (Wildman–Crippen MR) is 223 cm³/mol. The lowest BCUT2D eigenvalue weighted by atomic mass is 10.00. The van der Waals surface area contributed by atoms with E-state index in [1.165, 1.54) is 44.2 Å². The average molecular weight is 691 g/mol. The second-order valence-corrected chi connectivity index (χ2v) is 14.1. The van der Waals surface area contributed by atoms with E-state index in [1.807, 2.05) is 24.5 Å². The summed E-state index contributed by atoms with van der Waals surface area (Å²) in [7, 11) is 0. The molecule has 0 radical (unpaired) electrons. The molecule has 0 spiro atoms. The number of aryl methyl sites for hydroxylation is 2.